The normalized spacial score (nSPS) is 19.1. The predicted octanol–water partition coefficient (Wildman–Crippen LogP) is 2.12. The van der Waals surface area contributed by atoms with Crippen LogP contribution in [0.2, 0.25) is 0 Å². The van der Waals surface area contributed by atoms with Crippen molar-refractivity contribution in [2.24, 2.45) is 5.92 Å². The number of nitrogens with two attached hydrogens (primary N) is 1. The van der Waals surface area contributed by atoms with E-state index in [0.29, 0.717) is 48.4 Å². The fourth-order valence-electron chi connectivity index (χ4n) is 4.46. The molecular formula is C23H27N7O3. The van der Waals surface area contributed by atoms with Crippen molar-refractivity contribution in [2.45, 2.75) is 25.3 Å². The quantitative estimate of drug-likeness (QED) is 0.602. The van der Waals surface area contributed by atoms with Gasteiger partial charge in [-0.1, -0.05) is 0 Å². The molecule has 3 aromatic rings. The first kappa shape index (κ1) is 21.3. The van der Waals surface area contributed by atoms with Crippen LogP contribution in [-0.2, 0) is 9.53 Å². The molecule has 0 radical (unpaired) electrons. The van der Waals surface area contributed by atoms with Gasteiger partial charge in [0, 0.05) is 50.0 Å². The van der Waals surface area contributed by atoms with Gasteiger partial charge in [0.25, 0.3) is 0 Å². The molecule has 10 nitrogen and oxygen atoms in total. The smallest absolute Gasteiger partial charge is 0.236 e. The van der Waals surface area contributed by atoms with Crippen LogP contribution in [0.1, 0.15) is 19.3 Å². The lowest BCUT2D eigenvalue weighted by molar-refractivity contribution is -0.137. The summed E-state index contributed by atoms with van der Waals surface area (Å²) in [4.78, 5) is 32.7. The molecule has 2 fully saturated rings. The highest BCUT2D eigenvalue weighted by Gasteiger charge is 2.32. The van der Waals surface area contributed by atoms with E-state index in [2.05, 4.69) is 20.3 Å². The Kier molecular flexibility index (Phi) is 5.91. The standard InChI is InChI=1S/C23H27N7O3/c1-32-22-17(24)10-15(11-25-22)18-2-3-19-20(29-18)21(27-13-26-19)28-16-4-7-30(12-16)23(31)14-5-8-33-9-6-14/h2-3,10-11,13-14,16H,4-9,12,24H2,1H3,(H,26,27,28)/t16-/m0/s1. The molecule has 2 saturated heterocycles. The van der Waals surface area contributed by atoms with Crippen LogP contribution in [0.15, 0.2) is 30.7 Å². The number of pyridine rings is 2. The van der Waals surface area contributed by atoms with E-state index in [1.807, 2.05) is 17.0 Å². The van der Waals surface area contributed by atoms with Crippen LogP contribution in [0.5, 0.6) is 5.88 Å². The number of methoxy groups -OCH3 is 1. The van der Waals surface area contributed by atoms with Crippen LogP contribution >= 0.6 is 0 Å². The molecule has 3 N–H and O–H groups in total. The maximum absolute atomic E-state index is 12.9. The van der Waals surface area contributed by atoms with Crippen molar-refractivity contribution in [1.29, 1.82) is 0 Å². The maximum Gasteiger partial charge on any atom is 0.236 e. The van der Waals surface area contributed by atoms with Crippen molar-refractivity contribution >= 4 is 28.4 Å². The van der Waals surface area contributed by atoms with Crippen LogP contribution in [0.3, 0.4) is 0 Å². The Morgan fingerprint density at radius 3 is 2.85 bits per heavy atom. The number of anilines is 2. The number of amides is 1. The number of hydrogen-bond acceptors (Lipinski definition) is 9. The molecule has 33 heavy (non-hydrogen) atoms. The average molecular weight is 450 g/mol. The number of nitrogens with zero attached hydrogens (tertiary/aromatic N) is 5. The van der Waals surface area contributed by atoms with Crippen LogP contribution in [-0.4, -0.2) is 70.2 Å². The third-order valence-corrected chi connectivity index (χ3v) is 6.26. The molecular weight excluding hydrogens is 422 g/mol. The van der Waals surface area contributed by atoms with E-state index >= 15 is 0 Å². The minimum atomic E-state index is 0.0761. The van der Waals surface area contributed by atoms with Crippen LogP contribution in [0.25, 0.3) is 22.3 Å². The lowest BCUT2D eigenvalue weighted by Crippen LogP contribution is -2.38. The number of nitrogens with one attached hydrogen (secondary N) is 1. The topological polar surface area (TPSA) is 128 Å². The van der Waals surface area contributed by atoms with Crippen LogP contribution in [0, 0.1) is 5.92 Å². The van der Waals surface area contributed by atoms with E-state index in [9.17, 15) is 4.79 Å². The van der Waals surface area contributed by atoms with Gasteiger partial charge in [-0.25, -0.2) is 19.9 Å². The third-order valence-electron chi connectivity index (χ3n) is 6.26. The molecule has 0 unspecified atom stereocenters. The number of carbonyl (C=O) groups excluding carboxylic acids is 1. The highest BCUT2D eigenvalue weighted by atomic mass is 16.5. The summed E-state index contributed by atoms with van der Waals surface area (Å²) < 4.78 is 10.5. The van der Waals surface area contributed by atoms with E-state index in [0.717, 1.165) is 36.9 Å². The molecule has 2 aliphatic heterocycles. The molecule has 5 rings (SSSR count). The van der Waals surface area contributed by atoms with Gasteiger partial charge in [-0.3, -0.25) is 4.79 Å². The minimum Gasteiger partial charge on any atom is -0.480 e. The molecule has 1 atom stereocenters. The Balaban J connectivity index is 1.35. The summed E-state index contributed by atoms with van der Waals surface area (Å²) in [5, 5.41) is 3.49. The van der Waals surface area contributed by atoms with Crippen molar-refractivity contribution in [3.63, 3.8) is 0 Å². The average Bonchev–Trinajstić information content (AvgIpc) is 3.32. The largest absolute Gasteiger partial charge is 0.480 e. The molecule has 0 spiro atoms. The van der Waals surface area contributed by atoms with Gasteiger partial charge in [0.15, 0.2) is 5.82 Å². The summed E-state index contributed by atoms with van der Waals surface area (Å²) in [5.41, 5.74) is 9.35. The zero-order chi connectivity index (χ0) is 22.8. The molecule has 0 bridgehead atoms. The van der Waals surface area contributed by atoms with Crippen molar-refractivity contribution in [3.8, 4) is 17.1 Å². The van der Waals surface area contributed by atoms with Gasteiger partial charge < -0.3 is 25.4 Å². The highest BCUT2D eigenvalue weighted by molar-refractivity contribution is 5.87. The van der Waals surface area contributed by atoms with Crippen molar-refractivity contribution in [3.05, 3.63) is 30.7 Å². The number of likely N-dealkylation sites (tertiary alicyclic amines) is 1. The fraction of sp³-hybridized carbons (Fsp3) is 0.435. The Morgan fingerprint density at radius 1 is 1.21 bits per heavy atom. The lowest BCUT2D eigenvalue weighted by Gasteiger charge is -2.26. The number of hydrogen-bond donors (Lipinski definition) is 2. The van der Waals surface area contributed by atoms with Crippen molar-refractivity contribution < 1.29 is 14.3 Å². The second kappa shape index (κ2) is 9.14. The number of carbonyl (C=O) groups is 1. The summed E-state index contributed by atoms with van der Waals surface area (Å²) in [5.74, 6) is 1.35. The van der Waals surface area contributed by atoms with Gasteiger partial charge in [-0.05, 0) is 37.5 Å². The molecule has 2 aliphatic rings. The lowest BCUT2D eigenvalue weighted by atomic mass is 9.99. The van der Waals surface area contributed by atoms with Gasteiger partial charge in [-0.2, -0.15) is 0 Å². The Hall–Kier alpha value is -3.53. The van der Waals surface area contributed by atoms with Crippen molar-refractivity contribution in [2.75, 3.05) is 44.5 Å². The minimum absolute atomic E-state index is 0.0761. The molecule has 3 aromatic heterocycles. The van der Waals surface area contributed by atoms with E-state index in [1.165, 1.54) is 13.4 Å². The molecule has 1 amide bonds. The number of nitrogen functional groups attached to an aromatic ring is 1. The molecule has 0 aromatic carbocycles. The zero-order valence-corrected chi connectivity index (χ0v) is 18.5. The second-order valence-electron chi connectivity index (χ2n) is 8.41. The zero-order valence-electron chi connectivity index (χ0n) is 18.5. The van der Waals surface area contributed by atoms with Crippen LogP contribution < -0.4 is 15.8 Å². The summed E-state index contributed by atoms with van der Waals surface area (Å²) in [6, 6.07) is 5.68. The van der Waals surface area contributed by atoms with Crippen molar-refractivity contribution in [1.82, 2.24) is 24.8 Å². The molecule has 0 aliphatic carbocycles. The monoisotopic (exact) mass is 449 g/mol. The molecule has 5 heterocycles. The number of rotatable bonds is 5. The Bertz CT molecular complexity index is 1170. The molecule has 0 saturated carbocycles. The first-order valence-corrected chi connectivity index (χ1v) is 11.2. The van der Waals surface area contributed by atoms with E-state index in [1.54, 1.807) is 12.3 Å². The first-order valence-electron chi connectivity index (χ1n) is 11.2. The van der Waals surface area contributed by atoms with Gasteiger partial charge in [-0.15, -0.1) is 0 Å². The summed E-state index contributed by atoms with van der Waals surface area (Å²) in [7, 11) is 1.53. The van der Waals surface area contributed by atoms with E-state index in [4.69, 9.17) is 20.2 Å². The van der Waals surface area contributed by atoms with Gasteiger partial charge in [0.05, 0.1) is 24.0 Å². The fourth-order valence-corrected chi connectivity index (χ4v) is 4.46. The van der Waals surface area contributed by atoms with Gasteiger partial charge in [0.2, 0.25) is 11.8 Å². The second-order valence-corrected chi connectivity index (χ2v) is 8.41. The van der Waals surface area contributed by atoms with Crippen LogP contribution in [0.4, 0.5) is 11.5 Å². The van der Waals surface area contributed by atoms with E-state index in [-0.39, 0.29) is 17.9 Å². The first-order chi connectivity index (χ1) is 16.1. The number of fused-ring (bicyclic) bond motifs is 1. The highest BCUT2D eigenvalue weighted by Crippen LogP contribution is 2.28. The molecule has 172 valence electrons. The maximum atomic E-state index is 12.9. The summed E-state index contributed by atoms with van der Waals surface area (Å²) >= 11 is 0. The predicted molar refractivity (Wildman–Crippen MR) is 124 cm³/mol. The Labute approximate surface area is 191 Å². The molecule has 10 heteroatoms. The van der Waals surface area contributed by atoms with Gasteiger partial charge in [0.1, 0.15) is 11.8 Å². The summed E-state index contributed by atoms with van der Waals surface area (Å²) in [6.07, 6.45) is 5.68. The summed E-state index contributed by atoms with van der Waals surface area (Å²) in [6.45, 7) is 2.73. The number of aromatic nitrogens is 4. The van der Waals surface area contributed by atoms with Gasteiger partial charge >= 0.3 is 0 Å². The third kappa shape index (κ3) is 4.38. The number of ether oxygens (including phenoxy) is 2. The SMILES string of the molecule is COc1ncc(-c2ccc3ncnc(N[C@H]4CCN(C(=O)C5CCOCC5)C4)c3n2)cc1N. The Morgan fingerprint density at radius 2 is 2.06 bits per heavy atom. The van der Waals surface area contributed by atoms with E-state index < -0.39 is 0 Å².